The number of rotatable bonds is 2. The molecule has 80 valence electrons. The molecule has 0 unspecified atom stereocenters. The Morgan fingerprint density at radius 1 is 1.31 bits per heavy atom. The van der Waals surface area contributed by atoms with Crippen molar-refractivity contribution >= 4 is 23.2 Å². The zero-order valence-corrected chi connectivity index (χ0v) is 9.70. The van der Waals surface area contributed by atoms with Crippen molar-refractivity contribution in [1.82, 2.24) is 9.78 Å². The SMILES string of the molecule is N#CCc1ccn(-c2ccc(Cl)cc2Cl)n1. The summed E-state index contributed by atoms with van der Waals surface area (Å²) in [4.78, 5) is 0. The van der Waals surface area contributed by atoms with Crippen LogP contribution in [0.15, 0.2) is 30.5 Å². The van der Waals surface area contributed by atoms with E-state index in [4.69, 9.17) is 28.5 Å². The van der Waals surface area contributed by atoms with Crippen LogP contribution in [0.2, 0.25) is 10.0 Å². The highest BCUT2D eigenvalue weighted by Crippen LogP contribution is 2.23. The first-order valence-electron chi connectivity index (χ1n) is 4.57. The van der Waals surface area contributed by atoms with Crippen LogP contribution < -0.4 is 0 Å². The number of benzene rings is 1. The van der Waals surface area contributed by atoms with Crippen molar-refractivity contribution < 1.29 is 0 Å². The second-order valence-corrected chi connectivity index (χ2v) is 4.03. The summed E-state index contributed by atoms with van der Waals surface area (Å²) >= 11 is 11.8. The normalized spacial score (nSPS) is 10.1. The smallest absolute Gasteiger partial charge is 0.0832 e. The quantitative estimate of drug-likeness (QED) is 0.823. The molecule has 0 aliphatic carbocycles. The first-order chi connectivity index (χ1) is 7.70. The molecular weight excluding hydrogens is 245 g/mol. The monoisotopic (exact) mass is 251 g/mol. The van der Waals surface area contributed by atoms with Crippen LogP contribution in [-0.4, -0.2) is 9.78 Å². The van der Waals surface area contributed by atoms with Crippen LogP contribution in [0.1, 0.15) is 5.69 Å². The fourth-order valence-corrected chi connectivity index (χ4v) is 1.83. The molecule has 5 heteroatoms. The molecule has 0 saturated heterocycles. The van der Waals surface area contributed by atoms with E-state index in [1.165, 1.54) is 0 Å². The Morgan fingerprint density at radius 2 is 2.12 bits per heavy atom. The Morgan fingerprint density at radius 3 is 2.81 bits per heavy atom. The second kappa shape index (κ2) is 4.56. The van der Waals surface area contributed by atoms with E-state index in [2.05, 4.69) is 5.10 Å². The van der Waals surface area contributed by atoms with Gasteiger partial charge in [-0.2, -0.15) is 10.4 Å². The number of hydrogen-bond acceptors (Lipinski definition) is 2. The summed E-state index contributed by atoms with van der Waals surface area (Å²) < 4.78 is 1.63. The van der Waals surface area contributed by atoms with Crippen LogP contribution in [0.25, 0.3) is 5.69 Å². The number of nitrogens with zero attached hydrogens (tertiary/aromatic N) is 3. The van der Waals surface area contributed by atoms with Crippen LogP contribution in [0.5, 0.6) is 0 Å². The standard InChI is InChI=1S/C11H7Cl2N3/c12-8-1-2-11(10(13)7-8)16-6-4-9(15-16)3-5-14/h1-2,4,6-7H,3H2. The minimum absolute atomic E-state index is 0.290. The first kappa shape index (κ1) is 11.0. The number of aromatic nitrogens is 2. The van der Waals surface area contributed by atoms with Gasteiger partial charge in [-0.05, 0) is 24.3 Å². The Balaban J connectivity index is 2.39. The average Bonchev–Trinajstić information content (AvgIpc) is 2.67. The highest BCUT2D eigenvalue weighted by Gasteiger charge is 2.05. The summed E-state index contributed by atoms with van der Waals surface area (Å²) in [6.45, 7) is 0. The van der Waals surface area contributed by atoms with Gasteiger partial charge in [-0.15, -0.1) is 0 Å². The van der Waals surface area contributed by atoms with Crippen molar-refractivity contribution in [3.63, 3.8) is 0 Å². The molecule has 0 atom stereocenters. The van der Waals surface area contributed by atoms with Gasteiger partial charge < -0.3 is 0 Å². The van der Waals surface area contributed by atoms with Crippen molar-refractivity contribution in [2.45, 2.75) is 6.42 Å². The third kappa shape index (κ3) is 2.19. The highest BCUT2D eigenvalue weighted by molar-refractivity contribution is 6.35. The van der Waals surface area contributed by atoms with Crippen molar-refractivity contribution in [2.24, 2.45) is 0 Å². The molecule has 0 N–H and O–H groups in total. The molecule has 2 aromatic rings. The Labute approximate surface area is 103 Å². The zero-order valence-electron chi connectivity index (χ0n) is 8.19. The maximum atomic E-state index is 8.55. The molecule has 2 rings (SSSR count). The Kier molecular flexibility index (Phi) is 3.14. The van der Waals surface area contributed by atoms with Crippen LogP contribution >= 0.6 is 23.2 Å². The van der Waals surface area contributed by atoms with E-state index in [9.17, 15) is 0 Å². The fraction of sp³-hybridized carbons (Fsp3) is 0.0909. The van der Waals surface area contributed by atoms with E-state index in [-0.39, 0.29) is 6.42 Å². The lowest BCUT2D eigenvalue weighted by atomic mass is 10.3. The molecule has 0 aliphatic heterocycles. The molecule has 1 aromatic heterocycles. The summed E-state index contributed by atoms with van der Waals surface area (Å²) in [6.07, 6.45) is 2.06. The van der Waals surface area contributed by atoms with Gasteiger partial charge in [-0.25, -0.2) is 4.68 Å². The van der Waals surface area contributed by atoms with Crippen molar-refractivity contribution in [3.8, 4) is 11.8 Å². The summed E-state index contributed by atoms with van der Waals surface area (Å²) in [5.41, 5.74) is 1.46. The number of hydrogen-bond donors (Lipinski definition) is 0. The molecule has 1 aromatic carbocycles. The molecule has 0 aliphatic rings. The molecule has 3 nitrogen and oxygen atoms in total. The molecule has 0 amide bonds. The first-order valence-corrected chi connectivity index (χ1v) is 5.33. The van der Waals surface area contributed by atoms with Gasteiger partial charge in [0.2, 0.25) is 0 Å². The summed E-state index contributed by atoms with van der Waals surface area (Å²) in [6, 6.07) is 9.02. The lowest BCUT2D eigenvalue weighted by molar-refractivity contribution is 0.853. The lowest BCUT2D eigenvalue weighted by Crippen LogP contribution is -1.96. The lowest BCUT2D eigenvalue weighted by Gasteiger charge is -2.03. The minimum Gasteiger partial charge on any atom is -0.239 e. The largest absolute Gasteiger partial charge is 0.239 e. The van der Waals surface area contributed by atoms with Gasteiger partial charge in [0.1, 0.15) is 0 Å². The van der Waals surface area contributed by atoms with E-state index in [0.29, 0.717) is 15.7 Å². The van der Waals surface area contributed by atoms with Crippen LogP contribution in [0.3, 0.4) is 0 Å². The van der Waals surface area contributed by atoms with Gasteiger partial charge in [0.05, 0.1) is 28.9 Å². The van der Waals surface area contributed by atoms with Gasteiger partial charge in [0, 0.05) is 11.2 Å². The molecule has 0 spiro atoms. The van der Waals surface area contributed by atoms with Gasteiger partial charge in [-0.3, -0.25) is 0 Å². The number of halogens is 2. The Hall–Kier alpha value is -1.50. The molecule has 16 heavy (non-hydrogen) atoms. The van der Waals surface area contributed by atoms with Crippen LogP contribution in [-0.2, 0) is 6.42 Å². The van der Waals surface area contributed by atoms with E-state index in [1.54, 1.807) is 35.1 Å². The van der Waals surface area contributed by atoms with Gasteiger partial charge >= 0.3 is 0 Å². The zero-order chi connectivity index (χ0) is 11.5. The predicted molar refractivity (Wildman–Crippen MR) is 62.9 cm³/mol. The average molecular weight is 252 g/mol. The molecule has 0 bridgehead atoms. The third-order valence-electron chi connectivity index (χ3n) is 2.06. The van der Waals surface area contributed by atoms with Gasteiger partial charge in [0.25, 0.3) is 0 Å². The second-order valence-electron chi connectivity index (χ2n) is 3.18. The molecule has 1 heterocycles. The Bertz CT molecular complexity index is 555. The minimum atomic E-state index is 0.290. The van der Waals surface area contributed by atoms with E-state index >= 15 is 0 Å². The maximum Gasteiger partial charge on any atom is 0.0832 e. The predicted octanol–water partition coefficient (Wildman–Crippen LogP) is 3.25. The summed E-state index contributed by atoms with van der Waals surface area (Å²) in [7, 11) is 0. The highest BCUT2D eigenvalue weighted by atomic mass is 35.5. The van der Waals surface area contributed by atoms with Crippen molar-refractivity contribution in [3.05, 3.63) is 46.2 Å². The van der Waals surface area contributed by atoms with Crippen LogP contribution in [0, 0.1) is 11.3 Å². The number of nitriles is 1. The maximum absolute atomic E-state index is 8.55. The van der Waals surface area contributed by atoms with E-state index in [0.717, 1.165) is 5.69 Å². The molecule has 0 fully saturated rings. The van der Waals surface area contributed by atoms with E-state index in [1.807, 2.05) is 6.07 Å². The molecule has 0 radical (unpaired) electrons. The molecular formula is C11H7Cl2N3. The van der Waals surface area contributed by atoms with Crippen molar-refractivity contribution in [1.29, 1.82) is 5.26 Å². The molecule has 0 saturated carbocycles. The third-order valence-corrected chi connectivity index (χ3v) is 2.60. The van der Waals surface area contributed by atoms with Crippen molar-refractivity contribution in [2.75, 3.05) is 0 Å². The van der Waals surface area contributed by atoms with Gasteiger partial charge in [-0.1, -0.05) is 23.2 Å². The summed E-state index contributed by atoms with van der Waals surface area (Å²) in [5, 5.41) is 13.9. The summed E-state index contributed by atoms with van der Waals surface area (Å²) in [5.74, 6) is 0. The van der Waals surface area contributed by atoms with Gasteiger partial charge in [0.15, 0.2) is 0 Å². The van der Waals surface area contributed by atoms with E-state index < -0.39 is 0 Å². The fourth-order valence-electron chi connectivity index (χ4n) is 1.34. The topological polar surface area (TPSA) is 41.6 Å². The van der Waals surface area contributed by atoms with Crippen LogP contribution in [0.4, 0.5) is 0 Å².